The van der Waals surface area contributed by atoms with Gasteiger partial charge in [0, 0.05) is 4.88 Å². The molecule has 5 heteroatoms. The standard InChI is InChI=1S/C18H23NO3S/c1-4-15(16-6-5-11-23-16)19-18(21)12(2)17(20)13-7-9-14(22-3)10-8-13/h5-12,15,17,20H,4H2,1-3H3,(H,19,21). The molecule has 0 aliphatic heterocycles. The van der Waals surface area contributed by atoms with Crippen molar-refractivity contribution in [3.05, 3.63) is 52.2 Å². The number of rotatable bonds is 7. The molecule has 1 amide bonds. The van der Waals surface area contributed by atoms with Crippen LogP contribution in [0.3, 0.4) is 0 Å². The van der Waals surface area contributed by atoms with Crippen molar-refractivity contribution in [1.29, 1.82) is 0 Å². The summed E-state index contributed by atoms with van der Waals surface area (Å²) >= 11 is 1.63. The average Bonchev–Trinajstić information content (AvgIpc) is 3.12. The number of aliphatic hydroxyl groups is 1. The molecule has 1 aromatic heterocycles. The van der Waals surface area contributed by atoms with Gasteiger partial charge in [-0.3, -0.25) is 4.79 Å². The number of hydrogen-bond donors (Lipinski definition) is 2. The van der Waals surface area contributed by atoms with Gasteiger partial charge in [-0.15, -0.1) is 11.3 Å². The predicted octanol–water partition coefficient (Wildman–Crippen LogP) is 3.69. The molecule has 124 valence electrons. The third kappa shape index (κ3) is 4.33. The average molecular weight is 333 g/mol. The molecular weight excluding hydrogens is 310 g/mol. The van der Waals surface area contributed by atoms with Crippen LogP contribution < -0.4 is 10.1 Å². The second-order valence-corrected chi connectivity index (χ2v) is 6.47. The summed E-state index contributed by atoms with van der Waals surface area (Å²) in [6.45, 7) is 3.78. The summed E-state index contributed by atoms with van der Waals surface area (Å²) in [5.74, 6) is 0.0489. The van der Waals surface area contributed by atoms with E-state index in [9.17, 15) is 9.90 Å². The zero-order chi connectivity index (χ0) is 16.8. The maximum Gasteiger partial charge on any atom is 0.226 e. The van der Waals surface area contributed by atoms with Crippen molar-refractivity contribution in [3.8, 4) is 5.75 Å². The second-order valence-electron chi connectivity index (χ2n) is 5.49. The Bertz CT molecular complexity index is 610. The van der Waals surface area contributed by atoms with Crippen LogP contribution >= 0.6 is 11.3 Å². The molecule has 1 heterocycles. The Labute approximate surface area is 141 Å². The van der Waals surface area contributed by atoms with E-state index < -0.39 is 12.0 Å². The van der Waals surface area contributed by atoms with Crippen molar-refractivity contribution in [2.24, 2.45) is 5.92 Å². The number of thiophene rings is 1. The Balaban J connectivity index is 2.02. The summed E-state index contributed by atoms with van der Waals surface area (Å²) in [5, 5.41) is 15.5. The smallest absolute Gasteiger partial charge is 0.226 e. The lowest BCUT2D eigenvalue weighted by Gasteiger charge is -2.22. The fourth-order valence-electron chi connectivity index (χ4n) is 2.40. The highest BCUT2D eigenvalue weighted by Gasteiger charge is 2.25. The molecule has 3 atom stereocenters. The Hall–Kier alpha value is -1.85. The first-order valence-electron chi connectivity index (χ1n) is 7.72. The molecule has 1 aromatic carbocycles. The summed E-state index contributed by atoms with van der Waals surface area (Å²) in [4.78, 5) is 13.6. The third-order valence-electron chi connectivity index (χ3n) is 3.96. The van der Waals surface area contributed by atoms with Gasteiger partial charge in [0.2, 0.25) is 5.91 Å². The van der Waals surface area contributed by atoms with Gasteiger partial charge in [0.15, 0.2) is 0 Å². The molecule has 0 fully saturated rings. The highest BCUT2D eigenvalue weighted by atomic mass is 32.1. The first-order chi connectivity index (χ1) is 11.1. The summed E-state index contributed by atoms with van der Waals surface area (Å²) in [7, 11) is 1.59. The zero-order valence-electron chi connectivity index (χ0n) is 13.7. The van der Waals surface area contributed by atoms with Crippen molar-refractivity contribution in [2.45, 2.75) is 32.4 Å². The molecule has 4 nitrogen and oxygen atoms in total. The molecular formula is C18H23NO3S. The van der Waals surface area contributed by atoms with Crippen LogP contribution in [0.4, 0.5) is 0 Å². The summed E-state index contributed by atoms with van der Waals surface area (Å²) < 4.78 is 5.11. The Morgan fingerprint density at radius 1 is 1.30 bits per heavy atom. The van der Waals surface area contributed by atoms with Gasteiger partial charge in [-0.1, -0.05) is 32.0 Å². The lowest BCUT2D eigenvalue weighted by atomic mass is 9.96. The number of benzene rings is 1. The van der Waals surface area contributed by atoms with Gasteiger partial charge in [-0.25, -0.2) is 0 Å². The minimum atomic E-state index is -0.846. The van der Waals surface area contributed by atoms with Crippen LogP contribution in [0.2, 0.25) is 0 Å². The molecule has 0 spiro atoms. The topological polar surface area (TPSA) is 58.6 Å². The number of amides is 1. The quantitative estimate of drug-likeness (QED) is 0.812. The largest absolute Gasteiger partial charge is 0.497 e. The van der Waals surface area contributed by atoms with Gasteiger partial charge in [0.05, 0.1) is 25.2 Å². The van der Waals surface area contributed by atoms with E-state index in [1.807, 2.05) is 24.4 Å². The third-order valence-corrected chi connectivity index (χ3v) is 4.94. The molecule has 2 rings (SSSR count). The number of carbonyl (C=O) groups excluding carboxylic acids is 1. The predicted molar refractivity (Wildman–Crippen MR) is 92.6 cm³/mol. The summed E-state index contributed by atoms with van der Waals surface area (Å²) in [6, 6.07) is 11.1. The Morgan fingerprint density at radius 2 is 2.00 bits per heavy atom. The monoisotopic (exact) mass is 333 g/mol. The first-order valence-corrected chi connectivity index (χ1v) is 8.60. The highest BCUT2D eigenvalue weighted by molar-refractivity contribution is 7.10. The van der Waals surface area contributed by atoms with Crippen LogP contribution in [-0.4, -0.2) is 18.1 Å². The lowest BCUT2D eigenvalue weighted by molar-refractivity contribution is -0.128. The Morgan fingerprint density at radius 3 is 2.52 bits per heavy atom. The van der Waals surface area contributed by atoms with E-state index in [1.54, 1.807) is 49.6 Å². The number of hydrogen-bond acceptors (Lipinski definition) is 4. The molecule has 23 heavy (non-hydrogen) atoms. The molecule has 2 aromatic rings. The van der Waals surface area contributed by atoms with Crippen molar-refractivity contribution < 1.29 is 14.6 Å². The molecule has 0 radical (unpaired) electrons. The maximum absolute atomic E-state index is 12.5. The van der Waals surface area contributed by atoms with Gasteiger partial charge < -0.3 is 15.2 Å². The molecule has 0 aliphatic rings. The minimum Gasteiger partial charge on any atom is -0.497 e. The van der Waals surface area contributed by atoms with Crippen molar-refractivity contribution >= 4 is 17.2 Å². The number of aliphatic hydroxyl groups excluding tert-OH is 1. The lowest BCUT2D eigenvalue weighted by Crippen LogP contribution is -2.35. The Kier molecular flexibility index (Phi) is 6.19. The maximum atomic E-state index is 12.5. The number of carbonyl (C=O) groups is 1. The molecule has 0 bridgehead atoms. The summed E-state index contributed by atoms with van der Waals surface area (Å²) in [6.07, 6.45) is -0.0285. The molecule has 0 aliphatic carbocycles. The van der Waals surface area contributed by atoms with Crippen LogP contribution in [0.1, 0.15) is 42.9 Å². The minimum absolute atomic E-state index is 0.00647. The van der Waals surface area contributed by atoms with Gasteiger partial charge in [-0.05, 0) is 35.6 Å². The molecule has 2 N–H and O–H groups in total. The molecule has 0 saturated carbocycles. The van der Waals surface area contributed by atoms with Crippen LogP contribution in [0.5, 0.6) is 5.75 Å². The fourth-order valence-corrected chi connectivity index (χ4v) is 3.26. The SMILES string of the molecule is CCC(NC(=O)C(C)C(O)c1ccc(OC)cc1)c1cccs1. The van der Waals surface area contributed by atoms with E-state index in [1.165, 1.54) is 0 Å². The highest BCUT2D eigenvalue weighted by Crippen LogP contribution is 2.26. The fraction of sp³-hybridized carbons (Fsp3) is 0.389. The normalized spacial score (nSPS) is 14.8. The van der Waals surface area contributed by atoms with Crippen LogP contribution in [0.15, 0.2) is 41.8 Å². The van der Waals surface area contributed by atoms with E-state index in [0.717, 1.165) is 17.0 Å². The van der Waals surface area contributed by atoms with E-state index in [2.05, 4.69) is 5.32 Å². The molecule has 0 saturated heterocycles. The van der Waals surface area contributed by atoms with Crippen molar-refractivity contribution in [3.63, 3.8) is 0 Å². The van der Waals surface area contributed by atoms with Gasteiger partial charge in [0.1, 0.15) is 5.75 Å². The van der Waals surface area contributed by atoms with Crippen molar-refractivity contribution in [2.75, 3.05) is 7.11 Å². The zero-order valence-corrected chi connectivity index (χ0v) is 14.5. The van der Waals surface area contributed by atoms with Gasteiger partial charge in [-0.2, -0.15) is 0 Å². The van der Waals surface area contributed by atoms with Crippen LogP contribution in [-0.2, 0) is 4.79 Å². The van der Waals surface area contributed by atoms with Crippen molar-refractivity contribution in [1.82, 2.24) is 5.32 Å². The van der Waals surface area contributed by atoms with E-state index in [-0.39, 0.29) is 11.9 Å². The number of methoxy groups -OCH3 is 1. The first kappa shape index (κ1) is 17.5. The van der Waals surface area contributed by atoms with E-state index in [0.29, 0.717) is 5.56 Å². The van der Waals surface area contributed by atoms with Gasteiger partial charge in [0.25, 0.3) is 0 Å². The molecule has 3 unspecified atom stereocenters. The number of nitrogens with one attached hydrogen (secondary N) is 1. The number of ether oxygens (including phenoxy) is 1. The van der Waals surface area contributed by atoms with E-state index in [4.69, 9.17) is 4.74 Å². The van der Waals surface area contributed by atoms with E-state index >= 15 is 0 Å². The van der Waals surface area contributed by atoms with Crippen LogP contribution in [0.25, 0.3) is 0 Å². The van der Waals surface area contributed by atoms with Crippen LogP contribution in [0, 0.1) is 5.92 Å². The second kappa shape index (κ2) is 8.13. The van der Waals surface area contributed by atoms with Gasteiger partial charge >= 0.3 is 0 Å². The summed E-state index contributed by atoms with van der Waals surface area (Å²) in [5.41, 5.74) is 0.706.